The molecular formula is C19H17F6N7S2. The number of halogens is 6. The molecule has 182 valence electrons. The zero-order chi connectivity index (χ0) is 25.2. The third kappa shape index (κ3) is 10.2. The Hall–Kier alpha value is -3.07. The van der Waals surface area contributed by atoms with E-state index < -0.39 is 35.8 Å². The lowest BCUT2D eigenvalue weighted by Crippen LogP contribution is -2.31. The Morgan fingerprint density at radius 1 is 0.706 bits per heavy atom. The molecule has 1 aromatic heterocycles. The molecule has 0 aliphatic heterocycles. The van der Waals surface area contributed by atoms with Gasteiger partial charge < -0.3 is 10.6 Å². The van der Waals surface area contributed by atoms with Crippen LogP contribution in [0.4, 0.5) is 26.3 Å². The monoisotopic (exact) mass is 521 g/mol. The quantitative estimate of drug-likeness (QED) is 0.146. The van der Waals surface area contributed by atoms with Crippen LogP contribution in [0.5, 0.6) is 0 Å². The molecule has 7 nitrogen and oxygen atoms in total. The van der Waals surface area contributed by atoms with Gasteiger partial charge >= 0.3 is 12.4 Å². The lowest BCUT2D eigenvalue weighted by Gasteiger charge is -2.10. The summed E-state index contributed by atoms with van der Waals surface area (Å²) in [6.45, 7) is -2.77. The maximum absolute atomic E-state index is 12.4. The van der Waals surface area contributed by atoms with E-state index in [2.05, 4.69) is 50.6 Å². The summed E-state index contributed by atoms with van der Waals surface area (Å²) in [5, 5.41) is 18.3. The lowest BCUT2D eigenvalue weighted by atomic mass is 10.0. The third-order valence-electron chi connectivity index (χ3n) is 3.56. The van der Waals surface area contributed by atoms with Crippen molar-refractivity contribution >= 4 is 47.0 Å². The molecule has 0 saturated heterocycles. The number of amidine groups is 2. The van der Waals surface area contributed by atoms with Crippen LogP contribution in [0, 0.1) is 0 Å². The van der Waals surface area contributed by atoms with E-state index in [1.165, 1.54) is 12.3 Å². The van der Waals surface area contributed by atoms with E-state index in [4.69, 9.17) is 0 Å². The van der Waals surface area contributed by atoms with E-state index in [1.807, 2.05) is 10.6 Å². The van der Waals surface area contributed by atoms with E-state index in [0.29, 0.717) is 5.56 Å². The van der Waals surface area contributed by atoms with E-state index in [9.17, 15) is 26.3 Å². The van der Waals surface area contributed by atoms with Gasteiger partial charge in [-0.1, -0.05) is 36.4 Å². The molecule has 0 saturated carbocycles. The van der Waals surface area contributed by atoms with Crippen LogP contribution in [0.1, 0.15) is 11.3 Å². The number of hydrogen-bond donors (Lipinski definition) is 4. The van der Waals surface area contributed by atoms with Gasteiger partial charge in [0.1, 0.15) is 24.5 Å². The smallest absolute Gasteiger partial charge is 0.354 e. The van der Waals surface area contributed by atoms with Gasteiger partial charge in [0.2, 0.25) is 0 Å². The first-order valence-electron chi connectivity index (χ1n) is 9.22. The predicted molar refractivity (Wildman–Crippen MR) is 125 cm³/mol. The summed E-state index contributed by atoms with van der Waals surface area (Å²) in [4.78, 5) is 4.15. The first-order chi connectivity index (χ1) is 15.9. The van der Waals surface area contributed by atoms with E-state index in [0.717, 1.165) is 0 Å². The molecule has 0 amide bonds. The number of nitrogens with one attached hydrogen (secondary N) is 2. The maximum atomic E-state index is 12.4. The fourth-order valence-corrected chi connectivity index (χ4v) is 2.43. The second-order valence-electron chi connectivity index (χ2n) is 6.26. The van der Waals surface area contributed by atoms with Crippen molar-refractivity contribution in [2.45, 2.75) is 12.4 Å². The highest BCUT2D eigenvalue weighted by atomic mass is 32.1. The van der Waals surface area contributed by atoms with Crippen molar-refractivity contribution < 1.29 is 26.3 Å². The van der Waals surface area contributed by atoms with E-state index in [-0.39, 0.29) is 17.1 Å². The number of thiol groups is 2. The van der Waals surface area contributed by atoms with Crippen LogP contribution >= 0.6 is 25.3 Å². The number of benzene rings is 1. The van der Waals surface area contributed by atoms with E-state index >= 15 is 0 Å². The standard InChI is InChI=1S/C19H17F6N7S2/c20-18(21,22)10-27-16(33)31-29-14(12-6-2-1-3-7-12)15(13-8-4-5-9-26-13)30-32-17(34)28-11-19(23,24)25/h1-9H,10-11H2,(H2,27,31,33)(H2,28,32,34)/b29-14+,30-15+. The van der Waals surface area contributed by atoms with Crippen molar-refractivity contribution in [3.05, 3.63) is 66.0 Å². The molecule has 0 spiro atoms. The van der Waals surface area contributed by atoms with Crippen molar-refractivity contribution in [3.8, 4) is 0 Å². The number of rotatable bonds is 7. The van der Waals surface area contributed by atoms with Crippen molar-refractivity contribution in [3.63, 3.8) is 0 Å². The Morgan fingerprint density at radius 2 is 1.21 bits per heavy atom. The summed E-state index contributed by atoms with van der Waals surface area (Å²) in [7, 11) is 0. The number of hydrogen-bond acceptors (Lipinski definition) is 5. The molecule has 0 aliphatic rings. The molecule has 2 aromatic rings. The largest absolute Gasteiger partial charge is 0.405 e. The normalized spacial score (nSPS) is 14.2. The molecule has 1 aromatic carbocycles. The number of aromatic nitrogens is 1. The zero-order valence-corrected chi connectivity index (χ0v) is 18.8. The fraction of sp³-hybridized carbons (Fsp3) is 0.211. The molecule has 0 aliphatic carbocycles. The van der Waals surface area contributed by atoms with Crippen LogP contribution < -0.4 is 10.6 Å². The van der Waals surface area contributed by atoms with Crippen LogP contribution in [0.3, 0.4) is 0 Å². The Balaban J connectivity index is 2.52. The highest BCUT2D eigenvalue weighted by molar-refractivity contribution is 7.97. The number of nitrogens with zero attached hydrogens (tertiary/aromatic N) is 5. The molecule has 15 heteroatoms. The molecule has 1 heterocycles. The van der Waals surface area contributed by atoms with Crippen molar-refractivity contribution in [2.24, 2.45) is 20.4 Å². The van der Waals surface area contributed by atoms with Gasteiger partial charge in [0.15, 0.2) is 10.3 Å². The first-order valence-corrected chi connectivity index (χ1v) is 10.1. The SMILES string of the molecule is FC(F)(F)CN/C(S)=N/N=C(/C(=N/N=C(\S)NCC(F)(F)F)c1ccccn1)c1ccccc1. The van der Waals surface area contributed by atoms with Gasteiger partial charge in [0, 0.05) is 11.8 Å². The minimum Gasteiger partial charge on any atom is -0.354 e. The summed E-state index contributed by atoms with van der Waals surface area (Å²) in [5.74, 6) is 0. The average Bonchev–Trinajstić information content (AvgIpc) is 2.78. The minimum atomic E-state index is -4.51. The van der Waals surface area contributed by atoms with Crippen LogP contribution in [0.15, 0.2) is 75.1 Å². The Bertz CT molecular complexity index is 967. The molecule has 2 N–H and O–H groups in total. The topological polar surface area (TPSA) is 86.4 Å². The minimum absolute atomic E-state index is 0.0142. The molecule has 0 atom stereocenters. The van der Waals surface area contributed by atoms with Crippen LogP contribution in [0.25, 0.3) is 0 Å². The zero-order valence-electron chi connectivity index (χ0n) is 17.0. The highest BCUT2D eigenvalue weighted by Gasteiger charge is 2.27. The van der Waals surface area contributed by atoms with Gasteiger partial charge in [0.25, 0.3) is 0 Å². The molecule has 0 unspecified atom stereocenters. The summed E-state index contributed by atoms with van der Waals surface area (Å²) >= 11 is 7.68. The molecule has 0 bridgehead atoms. The predicted octanol–water partition coefficient (Wildman–Crippen LogP) is 4.07. The summed E-state index contributed by atoms with van der Waals surface area (Å²) in [6, 6.07) is 13.0. The van der Waals surface area contributed by atoms with Gasteiger partial charge in [-0.2, -0.15) is 26.3 Å². The molecule has 0 fully saturated rings. The van der Waals surface area contributed by atoms with Crippen LogP contribution in [-0.4, -0.2) is 52.2 Å². The van der Waals surface area contributed by atoms with Crippen molar-refractivity contribution in [1.82, 2.24) is 15.6 Å². The van der Waals surface area contributed by atoms with Gasteiger partial charge in [-0.15, -0.1) is 45.7 Å². The Kier molecular flexibility index (Phi) is 9.92. The van der Waals surface area contributed by atoms with Crippen LogP contribution in [0.2, 0.25) is 0 Å². The fourth-order valence-electron chi connectivity index (χ4n) is 2.18. The Labute approximate surface area is 201 Å². The molecule has 0 radical (unpaired) electrons. The van der Waals surface area contributed by atoms with Crippen molar-refractivity contribution in [1.29, 1.82) is 0 Å². The third-order valence-corrected chi connectivity index (χ3v) is 4.06. The van der Waals surface area contributed by atoms with Crippen LogP contribution in [-0.2, 0) is 0 Å². The maximum Gasteiger partial charge on any atom is 0.405 e. The molecule has 2 rings (SSSR count). The van der Waals surface area contributed by atoms with Crippen molar-refractivity contribution in [2.75, 3.05) is 13.1 Å². The summed E-state index contributed by atoms with van der Waals surface area (Å²) in [6.07, 6.45) is -7.58. The summed E-state index contributed by atoms with van der Waals surface area (Å²) < 4.78 is 74.6. The van der Waals surface area contributed by atoms with Gasteiger partial charge in [-0.05, 0) is 12.1 Å². The average molecular weight is 522 g/mol. The second-order valence-corrected chi connectivity index (χ2v) is 7.11. The van der Waals surface area contributed by atoms with Gasteiger partial charge in [-0.3, -0.25) is 4.98 Å². The molecular weight excluding hydrogens is 504 g/mol. The van der Waals surface area contributed by atoms with E-state index in [1.54, 1.807) is 42.5 Å². The van der Waals surface area contributed by atoms with Gasteiger partial charge in [-0.25, -0.2) is 0 Å². The number of alkyl halides is 6. The highest BCUT2D eigenvalue weighted by Crippen LogP contribution is 2.14. The number of pyridine rings is 1. The molecule has 34 heavy (non-hydrogen) atoms. The lowest BCUT2D eigenvalue weighted by molar-refractivity contribution is -0.122. The summed E-state index contributed by atoms with van der Waals surface area (Å²) in [5.41, 5.74) is 0.616. The van der Waals surface area contributed by atoms with Gasteiger partial charge in [0.05, 0.1) is 5.69 Å². The first kappa shape index (κ1) is 27.2. The second kappa shape index (κ2) is 12.4. The Morgan fingerprint density at radius 3 is 1.68 bits per heavy atom.